The number of aryl methyl sites for hydroxylation is 1. The number of carbonyl (C=O) groups excluding carboxylic acids is 1. The van der Waals surface area contributed by atoms with Gasteiger partial charge in [-0.15, -0.1) is 0 Å². The predicted octanol–water partition coefficient (Wildman–Crippen LogP) is 6.79. The van der Waals surface area contributed by atoms with Gasteiger partial charge in [-0.2, -0.15) is 13.2 Å². The Hall–Kier alpha value is -3.32. The topological polar surface area (TPSA) is 90.7 Å². The minimum absolute atomic E-state index is 0.00301. The number of anilines is 3. The number of fused-ring (bicyclic) bond motifs is 1. The quantitative estimate of drug-likeness (QED) is 0.278. The zero-order valence-electron chi connectivity index (χ0n) is 23.0. The molecule has 4 rings (SSSR count). The van der Waals surface area contributed by atoms with Crippen LogP contribution in [0, 0.1) is 5.41 Å². The van der Waals surface area contributed by atoms with Gasteiger partial charge < -0.3 is 19.9 Å². The number of hydrogen-bond donors (Lipinski definition) is 2. The van der Waals surface area contributed by atoms with Gasteiger partial charge in [-0.25, -0.2) is 18.6 Å². The molecule has 2 N–H and O–H groups in total. The summed E-state index contributed by atoms with van der Waals surface area (Å²) in [5.74, 6) is -5.00. The summed E-state index contributed by atoms with van der Waals surface area (Å²) in [5, 5.41) is 12.2. The van der Waals surface area contributed by atoms with Crippen LogP contribution in [-0.4, -0.2) is 58.3 Å². The van der Waals surface area contributed by atoms with Gasteiger partial charge in [0, 0.05) is 32.0 Å². The number of nitrogens with zero attached hydrogens (tertiary/aromatic N) is 4. The number of carbonyl (C=O) groups is 2. The third kappa shape index (κ3) is 6.51. The summed E-state index contributed by atoms with van der Waals surface area (Å²) in [6.45, 7) is 2.63. The van der Waals surface area contributed by atoms with Crippen LogP contribution >= 0.6 is 23.2 Å². The van der Waals surface area contributed by atoms with Gasteiger partial charge in [0.2, 0.25) is 11.9 Å². The highest BCUT2D eigenvalue weighted by molar-refractivity contribution is 6.39. The van der Waals surface area contributed by atoms with Crippen LogP contribution < -0.4 is 15.1 Å². The molecule has 1 saturated heterocycles. The number of carboxylic acids is 1. The van der Waals surface area contributed by atoms with Crippen LogP contribution in [-0.2, 0) is 18.4 Å². The van der Waals surface area contributed by atoms with Gasteiger partial charge in [0.25, 0.3) is 5.92 Å². The molecular weight excluding hydrogens is 608 g/mol. The first kappa shape index (κ1) is 31.6. The van der Waals surface area contributed by atoms with Crippen LogP contribution in [0.4, 0.5) is 39.3 Å². The van der Waals surface area contributed by atoms with E-state index in [1.54, 1.807) is 20.8 Å². The Kier molecular flexibility index (Phi) is 8.33. The van der Waals surface area contributed by atoms with E-state index in [0.717, 1.165) is 11.0 Å². The summed E-state index contributed by atoms with van der Waals surface area (Å²) in [5.41, 5.74) is -0.757. The van der Waals surface area contributed by atoms with Crippen molar-refractivity contribution in [1.82, 2.24) is 14.9 Å². The van der Waals surface area contributed by atoms with Crippen molar-refractivity contribution in [3.8, 4) is 0 Å². The van der Waals surface area contributed by atoms with Crippen LogP contribution in [0.5, 0.6) is 0 Å². The lowest BCUT2D eigenvalue weighted by Crippen LogP contribution is -2.35. The number of amides is 1. The molecule has 0 radical (unpaired) electrons. The average Bonchev–Trinajstić information content (AvgIpc) is 3.38. The zero-order valence-corrected chi connectivity index (χ0v) is 24.6. The molecule has 0 atom stereocenters. The van der Waals surface area contributed by atoms with Crippen LogP contribution in [0.1, 0.15) is 43.1 Å². The summed E-state index contributed by atoms with van der Waals surface area (Å²) >= 11 is 13.0. The number of imidazole rings is 1. The molecule has 1 amide bonds. The first-order valence-corrected chi connectivity index (χ1v) is 13.5. The monoisotopic (exact) mass is 635 g/mol. The molecule has 0 spiro atoms. The van der Waals surface area contributed by atoms with Gasteiger partial charge in [-0.05, 0) is 23.8 Å². The third-order valence-electron chi connectivity index (χ3n) is 6.83. The molecule has 8 nitrogen and oxygen atoms in total. The highest BCUT2D eigenvalue weighted by atomic mass is 35.5. The Morgan fingerprint density at radius 3 is 2.38 bits per heavy atom. The molecule has 1 aliphatic heterocycles. The van der Waals surface area contributed by atoms with Crippen LogP contribution in [0.3, 0.4) is 0 Å². The Labute approximate surface area is 248 Å². The maximum atomic E-state index is 14.0. The summed E-state index contributed by atoms with van der Waals surface area (Å²) in [4.78, 5) is 30.7. The van der Waals surface area contributed by atoms with Crippen molar-refractivity contribution in [3.05, 3.63) is 45.4 Å². The summed E-state index contributed by atoms with van der Waals surface area (Å²) in [6, 6.07) is 5.29. The van der Waals surface area contributed by atoms with Crippen LogP contribution in [0.25, 0.3) is 11.0 Å². The molecule has 1 fully saturated rings. The predicted molar refractivity (Wildman–Crippen MR) is 150 cm³/mol. The number of carboxylic acid groups (broad SMARTS) is 1. The molecule has 42 heavy (non-hydrogen) atoms. The van der Waals surface area contributed by atoms with Crippen molar-refractivity contribution in [1.29, 1.82) is 0 Å². The summed E-state index contributed by atoms with van der Waals surface area (Å²) in [6.07, 6.45) is -5.23. The number of aromatic carboxylic acids is 1. The second-order valence-electron chi connectivity index (χ2n) is 11.2. The van der Waals surface area contributed by atoms with E-state index in [0.29, 0.717) is 5.56 Å². The molecule has 2 aromatic carbocycles. The van der Waals surface area contributed by atoms with Crippen LogP contribution in [0.2, 0.25) is 10.0 Å². The Morgan fingerprint density at radius 2 is 1.83 bits per heavy atom. The van der Waals surface area contributed by atoms with E-state index in [2.05, 4.69) is 10.3 Å². The Balaban J connectivity index is 1.86. The lowest BCUT2D eigenvalue weighted by atomic mass is 9.95. The largest absolute Gasteiger partial charge is 0.478 e. The molecule has 0 aliphatic carbocycles. The van der Waals surface area contributed by atoms with Crippen molar-refractivity contribution in [2.75, 3.05) is 29.4 Å². The second-order valence-corrected chi connectivity index (χ2v) is 11.9. The fraction of sp³-hybridized carbons (Fsp3) is 0.444. The van der Waals surface area contributed by atoms with Gasteiger partial charge in [0.15, 0.2) is 0 Å². The second kappa shape index (κ2) is 11.1. The van der Waals surface area contributed by atoms with Crippen molar-refractivity contribution in [2.24, 2.45) is 12.5 Å². The number of benzene rings is 2. The van der Waals surface area contributed by atoms with Gasteiger partial charge in [-0.3, -0.25) is 9.69 Å². The highest BCUT2D eigenvalue weighted by Crippen LogP contribution is 2.43. The maximum absolute atomic E-state index is 14.0. The Morgan fingerprint density at radius 1 is 1.17 bits per heavy atom. The van der Waals surface area contributed by atoms with E-state index in [4.69, 9.17) is 23.2 Å². The molecule has 0 bridgehead atoms. The third-order valence-corrected chi connectivity index (χ3v) is 7.56. The summed E-state index contributed by atoms with van der Waals surface area (Å²) in [7, 11) is 1.41. The number of nitrogens with one attached hydrogen (secondary N) is 1. The molecule has 2 heterocycles. The number of halogens is 7. The van der Waals surface area contributed by atoms with Crippen molar-refractivity contribution in [2.45, 2.75) is 45.8 Å². The van der Waals surface area contributed by atoms with E-state index in [1.807, 2.05) is 0 Å². The molecule has 3 aromatic rings. The van der Waals surface area contributed by atoms with Crippen LogP contribution in [0.15, 0.2) is 24.3 Å². The Bertz CT molecular complexity index is 1550. The molecule has 15 heteroatoms. The smallest absolute Gasteiger partial charge is 0.406 e. The van der Waals surface area contributed by atoms with E-state index in [9.17, 15) is 36.6 Å². The van der Waals surface area contributed by atoms with Gasteiger partial charge in [0.05, 0.1) is 44.6 Å². The molecular formula is C27H28Cl2F5N5O3. The van der Waals surface area contributed by atoms with E-state index in [-0.39, 0.29) is 63.0 Å². The fourth-order valence-corrected chi connectivity index (χ4v) is 5.31. The number of alkyl halides is 5. The van der Waals surface area contributed by atoms with E-state index < -0.39 is 43.0 Å². The molecule has 0 saturated carbocycles. The first-order chi connectivity index (χ1) is 19.3. The molecule has 0 unspecified atom stereocenters. The van der Waals surface area contributed by atoms with Crippen molar-refractivity contribution >= 4 is 63.4 Å². The first-order valence-electron chi connectivity index (χ1n) is 12.7. The number of hydrogen-bond acceptors (Lipinski definition) is 5. The highest BCUT2D eigenvalue weighted by Gasteiger charge is 2.40. The molecule has 1 aliphatic rings. The fourth-order valence-electron chi connectivity index (χ4n) is 4.67. The maximum Gasteiger partial charge on any atom is 0.406 e. The minimum atomic E-state index is -4.76. The normalized spacial score (nSPS) is 15.4. The van der Waals surface area contributed by atoms with Gasteiger partial charge >= 0.3 is 12.1 Å². The lowest BCUT2D eigenvalue weighted by Gasteiger charge is -2.28. The number of rotatable bonds is 7. The van der Waals surface area contributed by atoms with Gasteiger partial charge in [-0.1, -0.05) is 50.0 Å². The van der Waals surface area contributed by atoms with Crippen molar-refractivity contribution < 1.29 is 36.6 Å². The molecule has 1 aromatic heterocycles. The van der Waals surface area contributed by atoms with E-state index in [1.165, 1.54) is 34.7 Å². The average molecular weight is 636 g/mol. The molecule has 228 valence electrons. The van der Waals surface area contributed by atoms with E-state index >= 15 is 0 Å². The van der Waals surface area contributed by atoms with Gasteiger partial charge in [0.1, 0.15) is 6.54 Å². The zero-order chi connectivity index (χ0) is 31.4. The lowest BCUT2D eigenvalue weighted by molar-refractivity contribution is -0.128. The summed E-state index contributed by atoms with van der Waals surface area (Å²) < 4.78 is 71.0. The standard InChI is InChI=1S/C27H28Cl2F5N5O3/c1-25(2,3)23(42)35-11-14-5-6-16(28)21(20(14)29)39(13-27(32,33)34)24-36-17-9-15(22(40)41)18(10-19(17)37(24)4)38-8-7-26(30,31)12-38/h5-6,9-10H,7-8,11-13H2,1-4H3,(H,35,42)(H,40,41). The SMILES string of the molecule is Cn1c(N(CC(F)(F)F)c2c(Cl)ccc(CNC(=O)C(C)(C)C)c2Cl)nc2cc(C(=O)O)c(N3CCC(F)(F)C3)cc21. The van der Waals surface area contributed by atoms with Crippen molar-refractivity contribution in [3.63, 3.8) is 0 Å². The number of aromatic nitrogens is 2. The minimum Gasteiger partial charge on any atom is -0.478 e.